The van der Waals surface area contributed by atoms with E-state index in [1.165, 1.54) is 27.6 Å². The molecule has 0 spiro atoms. The van der Waals surface area contributed by atoms with Crippen molar-refractivity contribution in [3.8, 4) is 5.75 Å². The highest BCUT2D eigenvalue weighted by atomic mass is 16.5. The molecule has 5 heteroatoms. The lowest BCUT2D eigenvalue weighted by molar-refractivity contribution is 0.0746. The zero-order valence-corrected chi connectivity index (χ0v) is 19.4. The summed E-state index contributed by atoms with van der Waals surface area (Å²) in [7, 11) is 3.42. The third-order valence-corrected chi connectivity index (χ3v) is 6.52. The van der Waals surface area contributed by atoms with Gasteiger partial charge in [0, 0.05) is 67.0 Å². The lowest BCUT2D eigenvalue weighted by Gasteiger charge is -2.41. The predicted octanol–water partition coefficient (Wildman–Crippen LogP) is 5.15. The number of benzene rings is 2. The summed E-state index contributed by atoms with van der Waals surface area (Å²) in [4.78, 5) is 8.43. The summed E-state index contributed by atoms with van der Waals surface area (Å²) in [5.41, 5.74) is 5.93. The minimum atomic E-state index is 0.272. The maximum atomic E-state index is 5.81. The predicted molar refractivity (Wildman–Crippen MR) is 132 cm³/mol. The molecule has 1 N–H and O–H groups in total. The molecule has 0 aliphatic carbocycles. The molecule has 2 heterocycles. The number of hydrogen-bond acceptors (Lipinski definition) is 4. The van der Waals surface area contributed by atoms with E-state index in [-0.39, 0.29) is 6.04 Å². The number of nitrogens with zero attached hydrogens (tertiary/aromatic N) is 2. The van der Waals surface area contributed by atoms with Gasteiger partial charge in [-0.1, -0.05) is 36.9 Å². The number of aromatic amines is 1. The number of hydrogen-bond donors (Lipinski definition) is 1. The number of aryl methyl sites for hydroxylation is 1. The normalized spacial score (nSPS) is 17.4. The summed E-state index contributed by atoms with van der Waals surface area (Å²) in [6, 6.07) is 13.2. The minimum absolute atomic E-state index is 0.272. The van der Waals surface area contributed by atoms with Crippen LogP contribution < -0.4 is 4.74 Å². The second-order valence-corrected chi connectivity index (χ2v) is 8.42. The Morgan fingerprint density at radius 3 is 2.66 bits per heavy atom. The molecule has 1 aliphatic heterocycles. The van der Waals surface area contributed by atoms with Crippen molar-refractivity contribution in [3.05, 3.63) is 84.1 Å². The second kappa shape index (κ2) is 9.63. The minimum Gasteiger partial charge on any atom is -0.497 e. The molecule has 0 bridgehead atoms. The van der Waals surface area contributed by atoms with Crippen LogP contribution in [0, 0.1) is 6.92 Å². The van der Waals surface area contributed by atoms with E-state index in [2.05, 4.69) is 71.3 Å². The molecule has 0 radical (unpaired) electrons. The van der Waals surface area contributed by atoms with Gasteiger partial charge in [0.1, 0.15) is 11.5 Å². The fourth-order valence-electron chi connectivity index (χ4n) is 4.72. The quantitative estimate of drug-likeness (QED) is 0.396. The van der Waals surface area contributed by atoms with Crippen molar-refractivity contribution in [1.29, 1.82) is 0 Å². The molecule has 2 aromatic carbocycles. The van der Waals surface area contributed by atoms with Crippen molar-refractivity contribution in [1.82, 2.24) is 14.8 Å². The van der Waals surface area contributed by atoms with Crippen LogP contribution in [0.2, 0.25) is 0 Å². The van der Waals surface area contributed by atoms with E-state index in [9.17, 15) is 0 Å². The number of nitrogens with one attached hydrogen (secondary N) is 1. The number of ether oxygens (including phenoxy) is 2. The molecule has 5 nitrogen and oxygen atoms in total. The molecule has 4 rings (SSSR count). The highest BCUT2D eigenvalue weighted by Crippen LogP contribution is 2.35. The average Bonchev–Trinajstić information content (AvgIpc) is 3.32. The first-order valence-electron chi connectivity index (χ1n) is 11.1. The van der Waals surface area contributed by atoms with E-state index in [0.717, 1.165) is 44.0 Å². The number of fused-ring (bicyclic) bond motifs is 1. The maximum absolute atomic E-state index is 5.81. The van der Waals surface area contributed by atoms with Gasteiger partial charge in [-0.2, -0.15) is 0 Å². The molecule has 1 aliphatic rings. The third-order valence-electron chi connectivity index (χ3n) is 6.52. The Balaban J connectivity index is 1.68. The molecule has 0 amide bonds. The lowest BCUT2D eigenvalue weighted by Crippen LogP contribution is -2.48. The zero-order valence-electron chi connectivity index (χ0n) is 19.4. The van der Waals surface area contributed by atoms with Crippen molar-refractivity contribution >= 4 is 16.7 Å². The molecule has 1 unspecified atom stereocenters. The molecule has 1 aromatic heterocycles. The summed E-state index contributed by atoms with van der Waals surface area (Å²) < 4.78 is 11.1. The monoisotopic (exact) mass is 431 g/mol. The van der Waals surface area contributed by atoms with Gasteiger partial charge in [-0.25, -0.2) is 0 Å². The SMILES string of the molecule is C=CCN1CCN(Cc2c(OC)cc(C)c3[nH]ccc23)C(c2ccc(C(=C)OC)cc2)C1. The summed E-state index contributed by atoms with van der Waals surface area (Å²) >= 11 is 0. The maximum Gasteiger partial charge on any atom is 0.124 e. The van der Waals surface area contributed by atoms with E-state index in [1.807, 2.05) is 12.3 Å². The third kappa shape index (κ3) is 4.31. The molecule has 32 heavy (non-hydrogen) atoms. The Labute approximate surface area is 190 Å². The Bertz CT molecular complexity index is 1100. The molecule has 168 valence electrons. The first kappa shape index (κ1) is 22.2. The van der Waals surface area contributed by atoms with Gasteiger partial charge < -0.3 is 14.5 Å². The summed E-state index contributed by atoms with van der Waals surface area (Å²) in [6.07, 6.45) is 4.01. The van der Waals surface area contributed by atoms with Gasteiger partial charge in [-0.3, -0.25) is 9.80 Å². The molecule has 1 saturated heterocycles. The lowest BCUT2D eigenvalue weighted by atomic mass is 9.98. The molecule has 1 fully saturated rings. The highest BCUT2D eigenvalue weighted by Gasteiger charge is 2.29. The van der Waals surface area contributed by atoms with Crippen molar-refractivity contribution in [2.75, 3.05) is 40.4 Å². The van der Waals surface area contributed by atoms with Crippen LogP contribution in [0.1, 0.15) is 28.3 Å². The van der Waals surface area contributed by atoms with Crippen LogP contribution in [0.15, 0.2) is 61.8 Å². The smallest absolute Gasteiger partial charge is 0.124 e. The summed E-state index contributed by atoms with van der Waals surface area (Å²) in [5, 5.41) is 1.24. The van der Waals surface area contributed by atoms with Gasteiger partial charge in [0.05, 0.1) is 14.2 Å². The van der Waals surface area contributed by atoms with E-state index >= 15 is 0 Å². The summed E-state index contributed by atoms with van der Waals surface area (Å²) in [5.74, 6) is 1.64. The number of methoxy groups -OCH3 is 2. The van der Waals surface area contributed by atoms with E-state index in [4.69, 9.17) is 9.47 Å². The molecule has 0 saturated carbocycles. The molecule has 3 aromatic rings. The van der Waals surface area contributed by atoms with Gasteiger partial charge in [0.2, 0.25) is 0 Å². The average molecular weight is 432 g/mol. The van der Waals surface area contributed by atoms with Gasteiger partial charge in [0.15, 0.2) is 0 Å². The van der Waals surface area contributed by atoms with Gasteiger partial charge >= 0.3 is 0 Å². The van der Waals surface area contributed by atoms with Crippen molar-refractivity contribution in [2.24, 2.45) is 0 Å². The van der Waals surface area contributed by atoms with Crippen LogP contribution in [-0.2, 0) is 11.3 Å². The highest BCUT2D eigenvalue weighted by molar-refractivity contribution is 5.88. The van der Waals surface area contributed by atoms with Gasteiger partial charge in [-0.15, -0.1) is 6.58 Å². The zero-order chi connectivity index (χ0) is 22.7. The van der Waals surface area contributed by atoms with Gasteiger partial charge in [0.25, 0.3) is 0 Å². The van der Waals surface area contributed by atoms with Crippen LogP contribution in [0.5, 0.6) is 5.75 Å². The van der Waals surface area contributed by atoms with E-state index in [0.29, 0.717) is 5.76 Å². The molecular weight excluding hydrogens is 398 g/mol. The molecular formula is C27H33N3O2. The van der Waals surface area contributed by atoms with Crippen molar-refractivity contribution in [2.45, 2.75) is 19.5 Å². The first-order valence-corrected chi connectivity index (χ1v) is 11.1. The van der Waals surface area contributed by atoms with E-state index in [1.54, 1.807) is 14.2 Å². The molecule has 1 atom stereocenters. The Morgan fingerprint density at radius 2 is 1.97 bits per heavy atom. The largest absolute Gasteiger partial charge is 0.497 e. The van der Waals surface area contributed by atoms with Crippen LogP contribution in [-0.4, -0.2) is 55.2 Å². The number of aromatic nitrogens is 1. The number of H-pyrrole nitrogens is 1. The topological polar surface area (TPSA) is 40.7 Å². The Hall–Kier alpha value is -3.02. The fourth-order valence-corrected chi connectivity index (χ4v) is 4.72. The fraction of sp³-hybridized carbons (Fsp3) is 0.333. The Morgan fingerprint density at radius 1 is 1.19 bits per heavy atom. The van der Waals surface area contributed by atoms with Crippen LogP contribution >= 0.6 is 0 Å². The number of rotatable bonds is 8. The first-order chi connectivity index (χ1) is 15.5. The number of piperazine rings is 1. The van der Waals surface area contributed by atoms with Crippen LogP contribution in [0.3, 0.4) is 0 Å². The Kier molecular flexibility index (Phi) is 6.68. The van der Waals surface area contributed by atoms with Gasteiger partial charge in [-0.05, 0) is 30.2 Å². The van der Waals surface area contributed by atoms with Crippen molar-refractivity contribution in [3.63, 3.8) is 0 Å². The second-order valence-electron chi connectivity index (χ2n) is 8.42. The standard InChI is InChI=1S/C27H33N3O2/c1-6-13-29-14-15-30(25(18-29)22-9-7-21(8-10-22)20(3)31-4)17-24-23-11-12-28-27(23)19(2)16-26(24)32-5/h6-12,16,25,28H,1,3,13-15,17-18H2,2,4-5H3. The van der Waals surface area contributed by atoms with E-state index < -0.39 is 0 Å². The van der Waals surface area contributed by atoms with Crippen LogP contribution in [0.4, 0.5) is 0 Å². The van der Waals surface area contributed by atoms with Crippen molar-refractivity contribution < 1.29 is 9.47 Å². The summed E-state index contributed by atoms with van der Waals surface area (Å²) in [6.45, 7) is 14.7. The van der Waals surface area contributed by atoms with Crippen LogP contribution in [0.25, 0.3) is 16.7 Å².